The fourth-order valence-corrected chi connectivity index (χ4v) is 1.72. The smallest absolute Gasteiger partial charge is 0.191 e. The molecule has 1 atom stereocenters. The van der Waals surface area contributed by atoms with Gasteiger partial charge in [-0.05, 0) is 13.8 Å². The predicted molar refractivity (Wildman–Crippen MR) is 66.0 cm³/mol. The van der Waals surface area contributed by atoms with Gasteiger partial charge >= 0.3 is 0 Å². The lowest BCUT2D eigenvalue weighted by atomic mass is 10.1. The highest BCUT2D eigenvalue weighted by Gasteiger charge is 2.14. The average molecular weight is 264 g/mol. The first kappa shape index (κ1) is 13.4. The summed E-state index contributed by atoms with van der Waals surface area (Å²) < 4.78 is 0. The van der Waals surface area contributed by atoms with E-state index in [0.717, 1.165) is 0 Å². The van der Waals surface area contributed by atoms with Gasteiger partial charge in [-0.2, -0.15) is 5.21 Å². The molecule has 19 heavy (non-hydrogen) atoms. The molecule has 8 heteroatoms. The second-order valence-electron chi connectivity index (χ2n) is 4.23. The molecule has 0 radical (unpaired) electrons. The summed E-state index contributed by atoms with van der Waals surface area (Å²) in [7, 11) is 0. The number of tetrazole rings is 1. The first-order valence-electron chi connectivity index (χ1n) is 5.87. The van der Waals surface area contributed by atoms with Crippen LogP contribution in [-0.2, 0) is 13.2 Å². The highest BCUT2D eigenvalue weighted by atomic mass is 16.3. The SMILES string of the molecule is Cc1ncc(CO)c(CNC(C)c2nn[nH]n2)c1O. The Morgan fingerprint density at radius 1 is 1.47 bits per heavy atom. The summed E-state index contributed by atoms with van der Waals surface area (Å²) >= 11 is 0. The maximum atomic E-state index is 9.99. The second-order valence-corrected chi connectivity index (χ2v) is 4.23. The van der Waals surface area contributed by atoms with E-state index in [1.165, 1.54) is 0 Å². The van der Waals surface area contributed by atoms with Gasteiger partial charge in [0.25, 0.3) is 0 Å². The van der Waals surface area contributed by atoms with Crippen molar-refractivity contribution in [3.8, 4) is 5.75 Å². The number of aromatic amines is 1. The minimum Gasteiger partial charge on any atom is -0.506 e. The number of nitrogens with one attached hydrogen (secondary N) is 2. The van der Waals surface area contributed by atoms with Crippen molar-refractivity contribution in [1.29, 1.82) is 0 Å². The molecule has 1 unspecified atom stereocenters. The number of aliphatic hydroxyl groups excluding tert-OH is 1. The van der Waals surface area contributed by atoms with E-state index in [-0.39, 0.29) is 18.4 Å². The van der Waals surface area contributed by atoms with Gasteiger partial charge in [-0.3, -0.25) is 4.98 Å². The second kappa shape index (κ2) is 5.72. The number of pyridine rings is 1. The molecular weight excluding hydrogens is 248 g/mol. The third kappa shape index (κ3) is 2.85. The number of H-pyrrole nitrogens is 1. The summed E-state index contributed by atoms with van der Waals surface area (Å²) in [6.07, 6.45) is 1.56. The van der Waals surface area contributed by atoms with Crippen LogP contribution >= 0.6 is 0 Å². The van der Waals surface area contributed by atoms with E-state index in [0.29, 0.717) is 29.2 Å². The van der Waals surface area contributed by atoms with Crippen LogP contribution in [0.4, 0.5) is 0 Å². The van der Waals surface area contributed by atoms with Crippen LogP contribution < -0.4 is 5.32 Å². The van der Waals surface area contributed by atoms with Crippen molar-refractivity contribution in [1.82, 2.24) is 30.9 Å². The molecule has 0 aliphatic rings. The summed E-state index contributed by atoms with van der Waals surface area (Å²) in [6, 6.07) is -0.127. The first-order chi connectivity index (χ1) is 9.13. The number of nitrogens with zero attached hydrogens (tertiary/aromatic N) is 4. The minimum absolute atomic E-state index is 0.0966. The number of hydrogen-bond acceptors (Lipinski definition) is 7. The van der Waals surface area contributed by atoms with Gasteiger partial charge < -0.3 is 15.5 Å². The summed E-state index contributed by atoms with van der Waals surface area (Å²) in [5.74, 6) is 0.634. The van der Waals surface area contributed by atoms with Gasteiger partial charge in [0.05, 0.1) is 18.3 Å². The van der Waals surface area contributed by atoms with E-state index in [1.807, 2.05) is 6.92 Å². The zero-order valence-electron chi connectivity index (χ0n) is 10.8. The molecule has 2 rings (SSSR count). The minimum atomic E-state index is -0.172. The molecule has 102 valence electrons. The normalized spacial score (nSPS) is 12.6. The Labute approximate surface area is 109 Å². The van der Waals surface area contributed by atoms with E-state index in [9.17, 15) is 10.2 Å². The molecule has 2 heterocycles. The number of aryl methyl sites for hydroxylation is 1. The van der Waals surface area contributed by atoms with Gasteiger partial charge in [0, 0.05) is 23.9 Å². The van der Waals surface area contributed by atoms with Gasteiger partial charge in [0.1, 0.15) is 5.75 Å². The summed E-state index contributed by atoms with van der Waals surface area (Å²) in [6.45, 7) is 3.80. The molecule has 0 bridgehead atoms. The highest BCUT2D eigenvalue weighted by molar-refractivity contribution is 5.40. The highest BCUT2D eigenvalue weighted by Crippen LogP contribution is 2.24. The number of aliphatic hydroxyl groups is 1. The first-order valence-corrected chi connectivity index (χ1v) is 5.87. The van der Waals surface area contributed by atoms with E-state index in [2.05, 4.69) is 30.9 Å². The maximum Gasteiger partial charge on any atom is 0.191 e. The van der Waals surface area contributed by atoms with Crippen LogP contribution in [0.1, 0.15) is 35.6 Å². The zero-order valence-corrected chi connectivity index (χ0v) is 10.8. The van der Waals surface area contributed by atoms with Crippen molar-refractivity contribution in [3.05, 3.63) is 28.8 Å². The lowest BCUT2D eigenvalue weighted by Gasteiger charge is -2.14. The zero-order chi connectivity index (χ0) is 13.8. The third-order valence-corrected chi connectivity index (χ3v) is 2.93. The van der Waals surface area contributed by atoms with E-state index < -0.39 is 0 Å². The summed E-state index contributed by atoms with van der Waals surface area (Å²) in [5.41, 5.74) is 1.75. The Morgan fingerprint density at radius 2 is 2.26 bits per heavy atom. The van der Waals surface area contributed by atoms with Crippen molar-refractivity contribution in [2.75, 3.05) is 0 Å². The molecule has 0 amide bonds. The number of aromatic hydroxyl groups is 1. The fraction of sp³-hybridized carbons (Fsp3) is 0.455. The Hall–Kier alpha value is -2.06. The Bertz CT molecular complexity index is 542. The molecule has 2 aromatic heterocycles. The molecule has 0 aliphatic carbocycles. The van der Waals surface area contributed by atoms with Gasteiger partial charge in [-0.25, -0.2) is 0 Å². The average Bonchev–Trinajstić information content (AvgIpc) is 2.94. The monoisotopic (exact) mass is 264 g/mol. The van der Waals surface area contributed by atoms with Crippen molar-refractivity contribution in [2.45, 2.75) is 33.0 Å². The number of rotatable bonds is 5. The van der Waals surface area contributed by atoms with Crippen LogP contribution in [0, 0.1) is 6.92 Å². The molecule has 2 aromatic rings. The molecule has 0 aliphatic heterocycles. The van der Waals surface area contributed by atoms with Crippen LogP contribution in [0.5, 0.6) is 5.75 Å². The Balaban J connectivity index is 2.13. The van der Waals surface area contributed by atoms with Crippen LogP contribution in [0.15, 0.2) is 6.20 Å². The standard InChI is InChI=1S/C11H16N6O2/c1-6-10(19)9(8(5-18)3-12-6)4-13-7(2)11-14-16-17-15-11/h3,7,13,18-19H,4-5H2,1-2H3,(H,14,15,16,17). The van der Waals surface area contributed by atoms with Gasteiger partial charge in [-0.1, -0.05) is 5.21 Å². The molecule has 0 aromatic carbocycles. The topological polar surface area (TPSA) is 120 Å². The van der Waals surface area contributed by atoms with Gasteiger partial charge in [0.2, 0.25) is 0 Å². The van der Waals surface area contributed by atoms with Crippen molar-refractivity contribution in [3.63, 3.8) is 0 Å². The molecule has 0 fully saturated rings. The van der Waals surface area contributed by atoms with Crippen molar-refractivity contribution >= 4 is 0 Å². The summed E-state index contributed by atoms with van der Waals surface area (Å²) in [5, 5.41) is 36.0. The van der Waals surface area contributed by atoms with Crippen LogP contribution in [0.25, 0.3) is 0 Å². The summed E-state index contributed by atoms with van der Waals surface area (Å²) in [4.78, 5) is 4.01. The van der Waals surface area contributed by atoms with Crippen LogP contribution in [0.2, 0.25) is 0 Å². The molecule has 0 saturated heterocycles. The molecular formula is C11H16N6O2. The third-order valence-electron chi connectivity index (χ3n) is 2.93. The van der Waals surface area contributed by atoms with Crippen LogP contribution in [0.3, 0.4) is 0 Å². The maximum absolute atomic E-state index is 9.99. The predicted octanol–water partition coefficient (Wildman–Crippen LogP) is -0.0482. The number of aromatic nitrogens is 5. The van der Waals surface area contributed by atoms with Gasteiger partial charge in [-0.15, -0.1) is 10.2 Å². The van der Waals surface area contributed by atoms with Gasteiger partial charge in [0.15, 0.2) is 5.82 Å². The molecule has 0 spiro atoms. The van der Waals surface area contributed by atoms with E-state index in [1.54, 1.807) is 13.1 Å². The van der Waals surface area contributed by atoms with Crippen molar-refractivity contribution in [2.24, 2.45) is 0 Å². The Kier molecular flexibility index (Phi) is 4.03. The fourth-order valence-electron chi connectivity index (χ4n) is 1.72. The molecule has 0 saturated carbocycles. The largest absolute Gasteiger partial charge is 0.506 e. The molecule has 4 N–H and O–H groups in total. The van der Waals surface area contributed by atoms with Crippen molar-refractivity contribution < 1.29 is 10.2 Å². The molecule has 8 nitrogen and oxygen atoms in total. The Morgan fingerprint density at radius 3 is 2.89 bits per heavy atom. The van der Waals surface area contributed by atoms with E-state index >= 15 is 0 Å². The van der Waals surface area contributed by atoms with Crippen LogP contribution in [-0.4, -0.2) is 35.8 Å². The van der Waals surface area contributed by atoms with E-state index in [4.69, 9.17) is 0 Å². The lowest BCUT2D eigenvalue weighted by Crippen LogP contribution is -2.20. The number of hydrogen-bond donors (Lipinski definition) is 4. The lowest BCUT2D eigenvalue weighted by molar-refractivity contribution is 0.278. The quantitative estimate of drug-likeness (QED) is 0.597.